The van der Waals surface area contributed by atoms with Gasteiger partial charge in [0.1, 0.15) is 17.4 Å². The van der Waals surface area contributed by atoms with Crippen molar-refractivity contribution in [1.29, 1.82) is 0 Å². The van der Waals surface area contributed by atoms with E-state index in [0.29, 0.717) is 29.0 Å². The number of nitrogens with two attached hydrogens (primary N) is 1. The number of carbonyl (C=O) groups is 3. The van der Waals surface area contributed by atoms with E-state index in [1.165, 1.54) is 24.4 Å². The maximum Gasteiger partial charge on any atom is 0.341 e. The fourth-order valence-electron chi connectivity index (χ4n) is 3.42. The Labute approximate surface area is 217 Å². The average Bonchev–Trinajstić information content (AvgIpc) is 3.40. The zero-order chi connectivity index (χ0) is 26.4. The van der Waals surface area contributed by atoms with Crippen LogP contribution < -0.4 is 15.8 Å². The number of methoxy groups -OCH3 is 1. The van der Waals surface area contributed by atoms with Crippen LogP contribution in [0.4, 0.5) is 5.00 Å². The van der Waals surface area contributed by atoms with Crippen molar-refractivity contribution in [1.82, 2.24) is 14.8 Å². The van der Waals surface area contributed by atoms with E-state index < -0.39 is 11.9 Å². The molecule has 0 aliphatic rings. The molecule has 0 unspecified atom stereocenters. The highest BCUT2D eigenvalue weighted by Gasteiger charge is 2.25. The van der Waals surface area contributed by atoms with Gasteiger partial charge in [-0.15, -0.1) is 21.5 Å². The standard InChI is InChI=1S/C24H29N5O5S2/c1-6-29-17(11-34-16-9-7-15(8-10-16)13(2)3)27-28-24(29)35-12-18(30)26-22-19(23(32)33-5)14(4)20(36-22)21(25)31/h7-10,13H,6,11-12H2,1-5H3,(H2,25,31)(H,26,30). The minimum absolute atomic E-state index is 0.0130. The third-order valence-electron chi connectivity index (χ3n) is 5.37. The number of nitrogens with one attached hydrogen (secondary N) is 1. The molecule has 192 valence electrons. The van der Waals surface area contributed by atoms with Gasteiger partial charge in [0.05, 0.1) is 23.3 Å². The summed E-state index contributed by atoms with van der Waals surface area (Å²) < 4.78 is 12.5. The lowest BCUT2D eigenvalue weighted by Gasteiger charge is -2.10. The molecule has 0 saturated carbocycles. The van der Waals surface area contributed by atoms with E-state index in [1.807, 2.05) is 35.8 Å². The first-order valence-electron chi connectivity index (χ1n) is 11.2. The number of thioether (sulfide) groups is 1. The number of hydrogen-bond donors (Lipinski definition) is 2. The van der Waals surface area contributed by atoms with Crippen LogP contribution in [0.3, 0.4) is 0 Å². The fourth-order valence-corrected chi connectivity index (χ4v) is 5.31. The molecule has 36 heavy (non-hydrogen) atoms. The van der Waals surface area contributed by atoms with Crippen molar-refractivity contribution in [2.24, 2.45) is 5.73 Å². The number of ether oxygens (including phenoxy) is 2. The molecular weight excluding hydrogens is 502 g/mol. The minimum Gasteiger partial charge on any atom is -0.486 e. The molecule has 2 amide bonds. The summed E-state index contributed by atoms with van der Waals surface area (Å²) in [4.78, 5) is 36.7. The first kappa shape index (κ1) is 27.2. The second-order valence-electron chi connectivity index (χ2n) is 8.11. The molecule has 0 aliphatic carbocycles. The number of aromatic nitrogens is 3. The van der Waals surface area contributed by atoms with E-state index in [9.17, 15) is 14.4 Å². The number of esters is 1. The van der Waals surface area contributed by atoms with Crippen LogP contribution in [0.15, 0.2) is 29.4 Å². The third kappa shape index (κ3) is 6.24. The van der Waals surface area contributed by atoms with Gasteiger partial charge in [0.25, 0.3) is 5.91 Å². The number of nitrogens with zero attached hydrogens (tertiary/aromatic N) is 3. The molecule has 0 radical (unpaired) electrons. The van der Waals surface area contributed by atoms with Gasteiger partial charge < -0.3 is 25.1 Å². The van der Waals surface area contributed by atoms with Crippen LogP contribution in [0.5, 0.6) is 5.75 Å². The van der Waals surface area contributed by atoms with Gasteiger partial charge in [-0.3, -0.25) is 9.59 Å². The topological polar surface area (TPSA) is 138 Å². The molecule has 0 aliphatic heterocycles. The number of hydrogen-bond acceptors (Lipinski definition) is 9. The highest BCUT2D eigenvalue weighted by molar-refractivity contribution is 7.99. The highest BCUT2D eigenvalue weighted by Crippen LogP contribution is 2.33. The molecule has 3 N–H and O–H groups in total. The molecule has 2 aromatic heterocycles. The Morgan fingerprint density at radius 3 is 2.47 bits per heavy atom. The number of anilines is 1. The highest BCUT2D eigenvalue weighted by atomic mass is 32.2. The molecule has 12 heteroatoms. The van der Waals surface area contributed by atoms with Crippen molar-refractivity contribution in [3.05, 3.63) is 51.7 Å². The number of thiophene rings is 1. The molecule has 0 bridgehead atoms. The molecule has 0 spiro atoms. The Balaban J connectivity index is 1.65. The molecule has 0 saturated heterocycles. The van der Waals surface area contributed by atoms with Crippen molar-refractivity contribution in [3.8, 4) is 5.75 Å². The minimum atomic E-state index is -0.681. The summed E-state index contributed by atoms with van der Waals surface area (Å²) >= 11 is 2.14. The predicted molar refractivity (Wildman–Crippen MR) is 139 cm³/mol. The second-order valence-corrected chi connectivity index (χ2v) is 10.1. The summed E-state index contributed by atoms with van der Waals surface area (Å²) in [5.41, 5.74) is 7.12. The summed E-state index contributed by atoms with van der Waals surface area (Å²) in [6, 6.07) is 7.94. The largest absolute Gasteiger partial charge is 0.486 e. The van der Waals surface area contributed by atoms with E-state index in [0.717, 1.165) is 17.1 Å². The number of carbonyl (C=O) groups excluding carboxylic acids is 3. The second kappa shape index (κ2) is 12.0. The number of amides is 2. The molecule has 0 atom stereocenters. The van der Waals surface area contributed by atoms with Gasteiger partial charge in [0, 0.05) is 6.54 Å². The van der Waals surface area contributed by atoms with Gasteiger partial charge >= 0.3 is 5.97 Å². The summed E-state index contributed by atoms with van der Waals surface area (Å²) in [6.07, 6.45) is 0. The number of rotatable bonds is 11. The molecule has 0 fully saturated rings. The smallest absolute Gasteiger partial charge is 0.341 e. The lowest BCUT2D eigenvalue weighted by atomic mass is 10.0. The van der Waals surface area contributed by atoms with Crippen LogP contribution in [0.25, 0.3) is 0 Å². The lowest BCUT2D eigenvalue weighted by Crippen LogP contribution is -2.16. The van der Waals surface area contributed by atoms with Crippen molar-refractivity contribution in [3.63, 3.8) is 0 Å². The van der Waals surface area contributed by atoms with Gasteiger partial charge in [-0.1, -0.05) is 37.7 Å². The molecule has 3 aromatic rings. The Hall–Kier alpha value is -3.38. The van der Waals surface area contributed by atoms with Gasteiger partial charge in [0.15, 0.2) is 11.0 Å². The van der Waals surface area contributed by atoms with Crippen molar-refractivity contribution in [2.75, 3.05) is 18.2 Å². The Kier molecular flexibility index (Phi) is 9.10. The Morgan fingerprint density at radius 2 is 1.89 bits per heavy atom. The molecular formula is C24H29N5O5S2. The van der Waals surface area contributed by atoms with E-state index in [4.69, 9.17) is 15.2 Å². The van der Waals surface area contributed by atoms with Crippen LogP contribution in [0, 0.1) is 6.92 Å². The van der Waals surface area contributed by atoms with Gasteiger partial charge in [-0.2, -0.15) is 0 Å². The quantitative estimate of drug-likeness (QED) is 0.280. The van der Waals surface area contributed by atoms with Gasteiger partial charge in [-0.05, 0) is 43.0 Å². The van der Waals surface area contributed by atoms with Crippen molar-refractivity contribution in [2.45, 2.75) is 51.9 Å². The molecule has 2 heterocycles. The van der Waals surface area contributed by atoms with Gasteiger partial charge in [-0.25, -0.2) is 4.79 Å². The van der Waals surface area contributed by atoms with Crippen molar-refractivity contribution < 1.29 is 23.9 Å². The lowest BCUT2D eigenvalue weighted by molar-refractivity contribution is -0.113. The van der Waals surface area contributed by atoms with Crippen LogP contribution in [0.2, 0.25) is 0 Å². The zero-order valence-electron chi connectivity index (χ0n) is 20.8. The Bertz CT molecular complexity index is 1250. The molecule has 1 aromatic carbocycles. The molecule has 3 rings (SSSR count). The van der Waals surface area contributed by atoms with Crippen molar-refractivity contribution >= 4 is 45.9 Å². The van der Waals surface area contributed by atoms with Crippen LogP contribution in [-0.4, -0.2) is 45.4 Å². The fraction of sp³-hybridized carbons (Fsp3) is 0.375. The first-order chi connectivity index (χ1) is 17.2. The summed E-state index contributed by atoms with van der Waals surface area (Å²) in [5, 5.41) is 11.9. The van der Waals surface area contributed by atoms with E-state index >= 15 is 0 Å². The summed E-state index contributed by atoms with van der Waals surface area (Å²) in [6.45, 7) is 8.64. The first-order valence-corrected chi connectivity index (χ1v) is 13.0. The predicted octanol–water partition coefficient (Wildman–Crippen LogP) is 3.99. The van der Waals surface area contributed by atoms with E-state index in [-0.39, 0.29) is 33.7 Å². The SMILES string of the molecule is CCn1c(COc2ccc(C(C)C)cc2)nnc1SCC(=O)Nc1sc(C(N)=O)c(C)c1C(=O)OC. The van der Waals surface area contributed by atoms with E-state index in [1.54, 1.807) is 6.92 Å². The number of benzene rings is 1. The Morgan fingerprint density at radius 1 is 1.19 bits per heavy atom. The van der Waals surface area contributed by atoms with Crippen LogP contribution >= 0.6 is 23.1 Å². The van der Waals surface area contributed by atoms with Gasteiger partial charge in [0.2, 0.25) is 5.91 Å². The maximum absolute atomic E-state index is 12.7. The van der Waals surface area contributed by atoms with Crippen LogP contribution in [0.1, 0.15) is 63.7 Å². The average molecular weight is 532 g/mol. The summed E-state index contributed by atoms with van der Waals surface area (Å²) in [5.74, 6) is 0.117. The third-order valence-corrected chi connectivity index (χ3v) is 7.56. The van der Waals surface area contributed by atoms with Crippen LogP contribution in [-0.2, 0) is 22.7 Å². The number of primary amides is 1. The summed E-state index contributed by atoms with van der Waals surface area (Å²) in [7, 11) is 1.23. The molecule has 10 nitrogen and oxygen atoms in total. The zero-order valence-corrected chi connectivity index (χ0v) is 22.4. The monoisotopic (exact) mass is 531 g/mol. The normalized spacial score (nSPS) is 10.9. The van der Waals surface area contributed by atoms with E-state index in [2.05, 4.69) is 29.4 Å². The maximum atomic E-state index is 12.7.